The fourth-order valence-corrected chi connectivity index (χ4v) is 6.96. The third-order valence-electron chi connectivity index (χ3n) is 6.94. The van der Waals surface area contributed by atoms with Crippen LogP contribution in [0.25, 0.3) is 0 Å². The summed E-state index contributed by atoms with van der Waals surface area (Å²) in [6.07, 6.45) is 1.11. The van der Waals surface area contributed by atoms with Crippen LogP contribution in [0.15, 0.2) is 66.7 Å². The molecule has 0 aliphatic carbocycles. The Balaban J connectivity index is 1.38. The zero-order valence-corrected chi connectivity index (χ0v) is 25.0. The Kier molecular flexibility index (Phi) is 9.25. The zero-order valence-electron chi connectivity index (χ0n) is 22.7. The molecule has 2 amide bonds. The first-order valence-electron chi connectivity index (χ1n) is 13.1. The molecule has 212 valence electrons. The molecule has 1 heterocycles. The number of amides is 2. The molecule has 10 heteroatoms. The van der Waals surface area contributed by atoms with Crippen molar-refractivity contribution in [3.8, 4) is 0 Å². The fourth-order valence-electron chi connectivity index (χ4n) is 4.60. The standard InChI is InChI=1S/C30H33Cl2N3O4S/c1-30(2,3)22-14-12-20(13-15-22)28(36)33-23-8-4-9-24(17-23)34-29(37)21-7-6-16-35(18-21)40(38,39)19-25-26(31)10-5-11-27(25)32/h4-5,8-15,17,21H,6-7,16,18-19H2,1-3H3,(H,33,36)(H,34,37)/t21-/m1/s1. The number of carbonyl (C=O) groups is 2. The summed E-state index contributed by atoms with van der Waals surface area (Å²) in [4.78, 5) is 25.9. The van der Waals surface area contributed by atoms with Crippen LogP contribution >= 0.6 is 23.2 Å². The minimum Gasteiger partial charge on any atom is -0.326 e. The highest BCUT2D eigenvalue weighted by molar-refractivity contribution is 7.88. The van der Waals surface area contributed by atoms with E-state index in [2.05, 4.69) is 31.4 Å². The summed E-state index contributed by atoms with van der Waals surface area (Å²) in [5.41, 5.74) is 3.05. The molecule has 7 nitrogen and oxygen atoms in total. The van der Waals surface area contributed by atoms with E-state index in [0.717, 1.165) is 5.56 Å². The number of carbonyl (C=O) groups excluding carboxylic acids is 2. The summed E-state index contributed by atoms with van der Waals surface area (Å²) < 4.78 is 27.6. The smallest absolute Gasteiger partial charge is 0.255 e. The Hall–Kier alpha value is -2.91. The van der Waals surface area contributed by atoms with Gasteiger partial charge in [0.25, 0.3) is 5.91 Å². The Morgan fingerprint density at radius 2 is 1.52 bits per heavy atom. The minimum atomic E-state index is -3.74. The predicted octanol–water partition coefficient (Wildman–Crippen LogP) is 6.72. The molecule has 3 aromatic rings. The van der Waals surface area contributed by atoms with Crippen LogP contribution in [0.5, 0.6) is 0 Å². The lowest BCUT2D eigenvalue weighted by atomic mass is 9.87. The van der Waals surface area contributed by atoms with Crippen LogP contribution in [0.3, 0.4) is 0 Å². The van der Waals surface area contributed by atoms with Crippen molar-refractivity contribution in [2.75, 3.05) is 23.7 Å². The molecule has 4 rings (SSSR count). The molecule has 1 fully saturated rings. The summed E-state index contributed by atoms with van der Waals surface area (Å²) >= 11 is 12.4. The predicted molar refractivity (Wildman–Crippen MR) is 162 cm³/mol. The number of hydrogen-bond acceptors (Lipinski definition) is 4. The molecule has 0 saturated carbocycles. The third kappa shape index (κ3) is 7.43. The van der Waals surface area contributed by atoms with Crippen LogP contribution in [-0.2, 0) is 26.0 Å². The average molecular weight is 603 g/mol. The van der Waals surface area contributed by atoms with E-state index in [0.29, 0.717) is 41.9 Å². The number of halogens is 2. The maximum Gasteiger partial charge on any atom is 0.255 e. The van der Waals surface area contributed by atoms with Crippen molar-refractivity contribution in [2.45, 2.75) is 44.8 Å². The summed E-state index contributed by atoms with van der Waals surface area (Å²) in [5, 5.41) is 6.32. The monoisotopic (exact) mass is 601 g/mol. The second-order valence-corrected chi connectivity index (χ2v) is 13.8. The average Bonchev–Trinajstić information content (AvgIpc) is 2.91. The summed E-state index contributed by atoms with van der Waals surface area (Å²) in [6.45, 7) is 6.73. The van der Waals surface area contributed by atoms with Gasteiger partial charge in [-0.15, -0.1) is 0 Å². The van der Waals surface area contributed by atoms with E-state index in [-0.39, 0.29) is 39.6 Å². The summed E-state index contributed by atoms with van der Waals surface area (Å²) in [6, 6.07) is 19.2. The van der Waals surface area contributed by atoms with Crippen LogP contribution in [-0.4, -0.2) is 37.6 Å². The molecule has 2 N–H and O–H groups in total. The van der Waals surface area contributed by atoms with Crippen molar-refractivity contribution in [3.63, 3.8) is 0 Å². The molecular formula is C30H33Cl2N3O4S. The molecule has 0 spiro atoms. The van der Waals surface area contributed by atoms with Crippen LogP contribution in [0.4, 0.5) is 11.4 Å². The van der Waals surface area contributed by atoms with Crippen molar-refractivity contribution < 1.29 is 18.0 Å². The normalized spacial score (nSPS) is 16.4. The molecule has 1 aliphatic rings. The first kappa shape index (κ1) is 30.1. The lowest BCUT2D eigenvalue weighted by Crippen LogP contribution is -2.44. The SMILES string of the molecule is CC(C)(C)c1ccc(C(=O)Nc2cccc(NC(=O)[C@@H]3CCCN(S(=O)(=O)Cc4c(Cl)cccc4Cl)C3)c2)cc1. The topological polar surface area (TPSA) is 95.6 Å². The van der Waals surface area contributed by atoms with E-state index < -0.39 is 15.9 Å². The Bertz CT molecular complexity index is 1480. The van der Waals surface area contributed by atoms with Gasteiger partial charge < -0.3 is 10.6 Å². The zero-order chi connectivity index (χ0) is 29.1. The van der Waals surface area contributed by atoms with Gasteiger partial charge in [0.05, 0.1) is 11.7 Å². The van der Waals surface area contributed by atoms with E-state index in [9.17, 15) is 18.0 Å². The van der Waals surface area contributed by atoms with E-state index in [1.807, 2.05) is 12.1 Å². The number of hydrogen-bond donors (Lipinski definition) is 2. The van der Waals surface area contributed by atoms with Crippen LogP contribution < -0.4 is 10.6 Å². The molecular weight excluding hydrogens is 569 g/mol. The first-order valence-corrected chi connectivity index (χ1v) is 15.4. The van der Waals surface area contributed by atoms with Crippen LogP contribution in [0, 0.1) is 5.92 Å². The van der Waals surface area contributed by atoms with Crippen molar-refractivity contribution in [1.29, 1.82) is 0 Å². The Morgan fingerprint density at radius 1 is 0.925 bits per heavy atom. The Labute approximate surface area is 245 Å². The van der Waals surface area contributed by atoms with E-state index in [4.69, 9.17) is 23.2 Å². The molecule has 0 bridgehead atoms. The number of benzene rings is 3. The van der Waals surface area contributed by atoms with Crippen LogP contribution in [0.1, 0.15) is 55.1 Å². The number of sulfonamides is 1. The van der Waals surface area contributed by atoms with Crippen molar-refractivity contribution in [3.05, 3.63) is 93.5 Å². The molecule has 3 aromatic carbocycles. The lowest BCUT2D eigenvalue weighted by Gasteiger charge is -2.31. The molecule has 40 heavy (non-hydrogen) atoms. The molecule has 1 aliphatic heterocycles. The summed E-state index contributed by atoms with van der Waals surface area (Å²) in [7, 11) is -3.74. The van der Waals surface area contributed by atoms with Gasteiger partial charge >= 0.3 is 0 Å². The maximum absolute atomic E-state index is 13.2. The van der Waals surface area contributed by atoms with E-state index in [1.165, 1.54) is 4.31 Å². The molecule has 1 atom stereocenters. The van der Waals surface area contributed by atoms with Gasteiger partial charge in [-0.3, -0.25) is 9.59 Å². The first-order chi connectivity index (χ1) is 18.8. The lowest BCUT2D eigenvalue weighted by molar-refractivity contribution is -0.120. The number of nitrogens with zero attached hydrogens (tertiary/aromatic N) is 1. The minimum absolute atomic E-state index is 0.00949. The van der Waals surface area contributed by atoms with Gasteiger partial charge in [0, 0.05) is 45.6 Å². The van der Waals surface area contributed by atoms with Crippen molar-refractivity contribution in [1.82, 2.24) is 4.31 Å². The highest BCUT2D eigenvalue weighted by atomic mass is 35.5. The molecule has 0 aromatic heterocycles. The third-order valence-corrected chi connectivity index (χ3v) is 9.42. The summed E-state index contributed by atoms with van der Waals surface area (Å²) in [5.74, 6) is -1.39. The second kappa shape index (κ2) is 12.3. The maximum atomic E-state index is 13.2. The number of anilines is 2. The number of rotatable bonds is 7. The number of nitrogens with one attached hydrogen (secondary N) is 2. The van der Waals surface area contributed by atoms with Gasteiger partial charge in [0.15, 0.2) is 0 Å². The Morgan fingerprint density at radius 3 is 2.15 bits per heavy atom. The highest BCUT2D eigenvalue weighted by Crippen LogP contribution is 2.29. The van der Waals surface area contributed by atoms with Gasteiger partial charge in [-0.1, -0.05) is 68.2 Å². The van der Waals surface area contributed by atoms with Gasteiger partial charge in [0.2, 0.25) is 15.9 Å². The van der Waals surface area contributed by atoms with Crippen LogP contribution in [0.2, 0.25) is 10.0 Å². The van der Waals surface area contributed by atoms with Gasteiger partial charge in [-0.2, -0.15) is 0 Å². The number of piperidine rings is 1. The van der Waals surface area contributed by atoms with Gasteiger partial charge in [-0.05, 0) is 66.3 Å². The molecule has 0 unspecified atom stereocenters. The molecule has 0 radical (unpaired) electrons. The van der Waals surface area contributed by atoms with E-state index >= 15 is 0 Å². The molecule has 1 saturated heterocycles. The highest BCUT2D eigenvalue weighted by Gasteiger charge is 2.33. The van der Waals surface area contributed by atoms with Gasteiger partial charge in [-0.25, -0.2) is 12.7 Å². The second-order valence-electron chi connectivity index (χ2n) is 11.0. The van der Waals surface area contributed by atoms with Crippen molar-refractivity contribution in [2.24, 2.45) is 5.92 Å². The van der Waals surface area contributed by atoms with Crippen molar-refractivity contribution >= 4 is 56.4 Å². The quantitative estimate of drug-likeness (QED) is 0.314. The van der Waals surface area contributed by atoms with Gasteiger partial charge in [0.1, 0.15) is 0 Å². The van der Waals surface area contributed by atoms with E-state index in [1.54, 1.807) is 54.6 Å². The largest absolute Gasteiger partial charge is 0.326 e. The fraction of sp³-hybridized carbons (Fsp3) is 0.333.